The summed E-state index contributed by atoms with van der Waals surface area (Å²) in [7, 11) is -1.35. The predicted molar refractivity (Wildman–Crippen MR) is 67.6 cm³/mol. The Morgan fingerprint density at radius 1 is 1.53 bits per heavy atom. The number of rotatable bonds is 3. The van der Waals surface area contributed by atoms with Crippen molar-refractivity contribution in [1.29, 1.82) is 0 Å². The van der Waals surface area contributed by atoms with Crippen LogP contribution < -0.4 is 5.32 Å². The van der Waals surface area contributed by atoms with Crippen molar-refractivity contribution in [3.8, 4) is 0 Å². The van der Waals surface area contributed by atoms with Gasteiger partial charge in [-0.1, -0.05) is 11.6 Å². The van der Waals surface area contributed by atoms with Crippen LogP contribution >= 0.6 is 11.6 Å². The molecule has 1 fully saturated rings. The standard InChI is InChI=1S/C10H14ClN3O2S/c1-12-10-4-3-8(11)9(13-10)7-14-5-2-6-17(14,15)16/h3-4H,2,5-7H2,1H3,(H,12,13). The zero-order chi connectivity index (χ0) is 12.5. The fourth-order valence-electron chi connectivity index (χ4n) is 1.77. The number of aromatic nitrogens is 1. The highest BCUT2D eigenvalue weighted by atomic mass is 35.5. The highest BCUT2D eigenvalue weighted by molar-refractivity contribution is 7.89. The van der Waals surface area contributed by atoms with Crippen molar-refractivity contribution in [3.05, 3.63) is 22.8 Å². The van der Waals surface area contributed by atoms with E-state index in [0.29, 0.717) is 29.5 Å². The first-order valence-corrected chi connectivity index (χ1v) is 7.32. The molecule has 1 aliphatic rings. The second-order valence-corrected chi connectivity index (χ2v) is 6.37. The molecule has 0 aliphatic carbocycles. The Bertz CT molecular complexity index is 518. The van der Waals surface area contributed by atoms with Gasteiger partial charge in [0.15, 0.2) is 0 Å². The molecule has 0 aromatic carbocycles. The Kier molecular flexibility index (Phi) is 3.56. The summed E-state index contributed by atoms with van der Waals surface area (Å²) >= 11 is 6.01. The summed E-state index contributed by atoms with van der Waals surface area (Å²) in [4.78, 5) is 4.27. The Morgan fingerprint density at radius 3 is 2.88 bits per heavy atom. The van der Waals surface area contributed by atoms with Gasteiger partial charge in [-0.25, -0.2) is 13.4 Å². The first kappa shape index (κ1) is 12.6. The highest BCUT2D eigenvalue weighted by Gasteiger charge is 2.29. The minimum absolute atomic E-state index is 0.219. The van der Waals surface area contributed by atoms with Crippen molar-refractivity contribution in [3.63, 3.8) is 0 Å². The highest BCUT2D eigenvalue weighted by Crippen LogP contribution is 2.22. The molecule has 1 aromatic heterocycles. The maximum Gasteiger partial charge on any atom is 0.214 e. The number of pyridine rings is 1. The van der Waals surface area contributed by atoms with Gasteiger partial charge in [0.05, 0.1) is 23.0 Å². The smallest absolute Gasteiger partial charge is 0.214 e. The molecular weight excluding hydrogens is 262 g/mol. The second kappa shape index (κ2) is 4.80. The van der Waals surface area contributed by atoms with Crippen LogP contribution in [0.5, 0.6) is 0 Å². The quantitative estimate of drug-likeness (QED) is 0.904. The van der Waals surface area contributed by atoms with Gasteiger partial charge in [-0.3, -0.25) is 0 Å². The van der Waals surface area contributed by atoms with Crippen LogP contribution in [0.15, 0.2) is 12.1 Å². The minimum atomic E-state index is -3.11. The van der Waals surface area contributed by atoms with Crippen molar-refractivity contribution in [2.75, 3.05) is 24.7 Å². The lowest BCUT2D eigenvalue weighted by atomic mass is 10.3. The van der Waals surface area contributed by atoms with Gasteiger partial charge in [0.25, 0.3) is 0 Å². The molecule has 2 heterocycles. The maximum absolute atomic E-state index is 11.7. The lowest BCUT2D eigenvalue weighted by Gasteiger charge is -2.15. The summed E-state index contributed by atoms with van der Waals surface area (Å²) in [6.07, 6.45) is 0.672. The zero-order valence-electron chi connectivity index (χ0n) is 9.48. The molecule has 5 nitrogen and oxygen atoms in total. The van der Waals surface area contributed by atoms with Gasteiger partial charge in [-0.05, 0) is 18.6 Å². The Labute approximate surface area is 106 Å². The molecule has 1 N–H and O–H groups in total. The van der Waals surface area contributed by atoms with E-state index in [-0.39, 0.29) is 12.3 Å². The molecule has 0 spiro atoms. The molecule has 0 radical (unpaired) electrons. The zero-order valence-corrected chi connectivity index (χ0v) is 11.1. The van der Waals surface area contributed by atoms with Crippen molar-refractivity contribution < 1.29 is 8.42 Å². The number of sulfonamides is 1. The topological polar surface area (TPSA) is 62.3 Å². The Hall–Kier alpha value is -0.850. The molecule has 1 aliphatic heterocycles. The number of nitrogens with zero attached hydrogens (tertiary/aromatic N) is 2. The van der Waals surface area contributed by atoms with Crippen LogP contribution in [0.2, 0.25) is 5.02 Å². The summed E-state index contributed by atoms with van der Waals surface area (Å²) in [6, 6.07) is 3.47. The van der Waals surface area contributed by atoms with Gasteiger partial charge in [-0.2, -0.15) is 4.31 Å². The molecule has 0 amide bonds. The number of hydrogen-bond donors (Lipinski definition) is 1. The van der Waals surface area contributed by atoms with E-state index in [9.17, 15) is 8.42 Å². The molecule has 0 bridgehead atoms. The van der Waals surface area contributed by atoms with Crippen molar-refractivity contribution in [2.24, 2.45) is 0 Å². The van der Waals surface area contributed by atoms with Crippen LogP contribution in [-0.4, -0.2) is 37.1 Å². The van der Waals surface area contributed by atoms with Gasteiger partial charge in [0.2, 0.25) is 10.0 Å². The fraction of sp³-hybridized carbons (Fsp3) is 0.500. The fourth-order valence-corrected chi connectivity index (χ4v) is 3.41. The minimum Gasteiger partial charge on any atom is -0.373 e. The SMILES string of the molecule is CNc1ccc(Cl)c(CN2CCCS2(=O)=O)n1. The van der Waals surface area contributed by atoms with Crippen LogP contribution in [0.1, 0.15) is 12.1 Å². The summed E-state index contributed by atoms with van der Waals surface area (Å²) in [5.74, 6) is 0.900. The molecule has 1 saturated heterocycles. The predicted octanol–water partition coefficient (Wildman–Crippen LogP) is 1.31. The third-order valence-electron chi connectivity index (χ3n) is 2.70. The van der Waals surface area contributed by atoms with E-state index in [1.54, 1.807) is 19.2 Å². The number of halogens is 1. The van der Waals surface area contributed by atoms with E-state index in [2.05, 4.69) is 10.3 Å². The number of nitrogens with one attached hydrogen (secondary N) is 1. The molecule has 7 heteroatoms. The molecule has 2 rings (SSSR count). The van der Waals surface area contributed by atoms with E-state index < -0.39 is 10.0 Å². The maximum atomic E-state index is 11.7. The van der Waals surface area contributed by atoms with Gasteiger partial charge >= 0.3 is 0 Å². The third kappa shape index (κ3) is 2.70. The second-order valence-electron chi connectivity index (χ2n) is 3.88. The molecule has 94 valence electrons. The van der Waals surface area contributed by atoms with E-state index in [1.807, 2.05) is 0 Å². The third-order valence-corrected chi connectivity index (χ3v) is 4.95. The monoisotopic (exact) mass is 275 g/mol. The summed E-state index contributed by atoms with van der Waals surface area (Å²) in [5.41, 5.74) is 0.587. The molecule has 0 saturated carbocycles. The largest absolute Gasteiger partial charge is 0.373 e. The van der Waals surface area contributed by atoms with E-state index in [1.165, 1.54) is 4.31 Å². The van der Waals surface area contributed by atoms with Crippen LogP contribution in [-0.2, 0) is 16.6 Å². The van der Waals surface area contributed by atoms with E-state index >= 15 is 0 Å². The van der Waals surface area contributed by atoms with Crippen molar-refractivity contribution in [2.45, 2.75) is 13.0 Å². The van der Waals surface area contributed by atoms with Crippen molar-refractivity contribution in [1.82, 2.24) is 9.29 Å². The van der Waals surface area contributed by atoms with Gasteiger partial charge in [-0.15, -0.1) is 0 Å². The molecular formula is C10H14ClN3O2S. The van der Waals surface area contributed by atoms with Crippen LogP contribution in [0.4, 0.5) is 5.82 Å². The first-order valence-electron chi connectivity index (χ1n) is 5.34. The van der Waals surface area contributed by atoms with Gasteiger partial charge < -0.3 is 5.32 Å². The summed E-state index contributed by atoms with van der Waals surface area (Å²) in [5, 5.41) is 3.39. The number of anilines is 1. The Morgan fingerprint density at radius 2 is 2.29 bits per heavy atom. The number of hydrogen-bond acceptors (Lipinski definition) is 4. The lowest BCUT2D eigenvalue weighted by molar-refractivity contribution is 0.435. The summed E-state index contributed by atoms with van der Waals surface area (Å²) < 4.78 is 24.8. The first-order chi connectivity index (χ1) is 8.03. The van der Waals surface area contributed by atoms with E-state index in [0.717, 1.165) is 0 Å². The lowest BCUT2D eigenvalue weighted by Crippen LogP contribution is -2.25. The molecule has 1 aromatic rings. The molecule has 0 atom stereocenters. The van der Waals surface area contributed by atoms with Crippen LogP contribution in [0, 0.1) is 0 Å². The average molecular weight is 276 g/mol. The normalized spacial score (nSPS) is 19.4. The van der Waals surface area contributed by atoms with Crippen molar-refractivity contribution >= 4 is 27.4 Å². The van der Waals surface area contributed by atoms with Gasteiger partial charge in [0.1, 0.15) is 5.82 Å². The molecule has 0 unspecified atom stereocenters. The Balaban J connectivity index is 2.24. The average Bonchev–Trinajstić information content (AvgIpc) is 2.61. The molecule has 17 heavy (non-hydrogen) atoms. The summed E-state index contributed by atoms with van der Waals surface area (Å²) in [6.45, 7) is 0.792. The van der Waals surface area contributed by atoms with Gasteiger partial charge in [0, 0.05) is 13.6 Å². The van der Waals surface area contributed by atoms with Crippen LogP contribution in [0.25, 0.3) is 0 Å². The van der Waals surface area contributed by atoms with E-state index in [4.69, 9.17) is 11.6 Å². The van der Waals surface area contributed by atoms with Crippen LogP contribution in [0.3, 0.4) is 0 Å².